The first-order valence-corrected chi connectivity index (χ1v) is 11.7. The molecule has 0 atom stereocenters. The Morgan fingerprint density at radius 1 is 0.914 bits per heavy atom. The number of esters is 2. The minimum Gasteiger partial charge on any atom is -0.466 e. The summed E-state index contributed by atoms with van der Waals surface area (Å²) in [5, 5.41) is 9.27. The van der Waals surface area contributed by atoms with E-state index in [0.29, 0.717) is 30.0 Å². The van der Waals surface area contributed by atoms with Gasteiger partial charge >= 0.3 is 11.9 Å². The average molecular weight is 472 g/mol. The number of hydrogen-bond donors (Lipinski definition) is 0. The molecule has 0 spiro atoms. The van der Waals surface area contributed by atoms with E-state index in [1.165, 1.54) is 4.80 Å². The van der Waals surface area contributed by atoms with Crippen LogP contribution >= 0.6 is 0 Å². The minimum atomic E-state index is -0.465. The second-order valence-corrected chi connectivity index (χ2v) is 9.28. The van der Waals surface area contributed by atoms with Gasteiger partial charge in [-0.3, -0.25) is 4.79 Å². The zero-order chi connectivity index (χ0) is 25.0. The van der Waals surface area contributed by atoms with Crippen molar-refractivity contribution < 1.29 is 19.1 Å². The molecule has 0 aliphatic rings. The molecule has 35 heavy (non-hydrogen) atoms. The molecule has 7 nitrogen and oxygen atoms in total. The van der Waals surface area contributed by atoms with Crippen molar-refractivity contribution >= 4 is 23.0 Å². The van der Waals surface area contributed by atoms with Crippen molar-refractivity contribution in [3.8, 4) is 11.4 Å². The van der Waals surface area contributed by atoms with E-state index < -0.39 is 5.97 Å². The number of rotatable bonds is 7. The molecule has 0 radical (unpaired) electrons. The first-order valence-electron chi connectivity index (χ1n) is 11.7. The van der Waals surface area contributed by atoms with Gasteiger partial charge in [-0.25, -0.2) is 4.79 Å². The highest BCUT2D eigenvalue weighted by Crippen LogP contribution is 2.38. The normalized spacial score (nSPS) is 11.4. The fourth-order valence-electron chi connectivity index (χ4n) is 3.80. The summed E-state index contributed by atoms with van der Waals surface area (Å²) in [6, 6.07) is 20.3. The second kappa shape index (κ2) is 10.1. The molecule has 0 bridgehead atoms. The van der Waals surface area contributed by atoms with Crippen LogP contribution in [-0.4, -0.2) is 33.5 Å². The van der Waals surface area contributed by atoms with Gasteiger partial charge in [-0.2, -0.15) is 0 Å². The molecule has 0 unspecified atom stereocenters. The lowest BCUT2D eigenvalue weighted by molar-refractivity contribution is -0.143. The molecule has 0 aliphatic carbocycles. The van der Waals surface area contributed by atoms with Gasteiger partial charge < -0.3 is 9.47 Å². The molecule has 4 rings (SSSR count). The van der Waals surface area contributed by atoms with Crippen molar-refractivity contribution in [2.45, 2.75) is 46.0 Å². The van der Waals surface area contributed by atoms with Crippen LogP contribution in [0.15, 0.2) is 66.7 Å². The van der Waals surface area contributed by atoms with E-state index in [9.17, 15) is 9.59 Å². The van der Waals surface area contributed by atoms with E-state index in [-0.39, 0.29) is 17.8 Å². The van der Waals surface area contributed by atoms with Crippen LogP contribution in [0.3, 0.4) is 0 Å². The molecule has 0 fully saturated rings. The third kappa shape index (κ3) is 5.57. The SMILES string of the molecule is CCOC(=O)CCc1cc(-n2nc3ccccc3n2)c(OC(=O)c2ccccc2)c(C(C)(C)C)c1. The fourth-order valence-corrected chi connectivity index (χ4v) is 3.80. The molecule has 4 aromatic rings. The van der Waals surface area contributed by atoms with Gasteiger partial charge in [0.25, 0.3) is 0 Å². The van der Waals surface area contributed by atoms with Crippen LogP contribution in [0.25, 0.3) is 16.7 Å². The van der Waals surface area contributed by atoms with Crippen molar-refractivity contribution in [1.29, 1.82) is 0 Å². The van der Waals surface area contributed by atoms with E-state index in [1.807, 2.05) is 63.2 Å². The lowest BCUT2D eigenvalue weighted by atomic mass is 9.84. The minimum absolute atomic E-state index is 0.245. The second-order valence-electron chi connectivity index (χ2n) is 9.28. The van der Waals surface area contributed by atoms with Gasteiger partial charge in [0.05, 0.1) is 12.2 Å². The van der Waals surface area contributed by atoms with Crippen LogP contribution in [0.2, 0.25) is 0 Å². The van der Waals surface area contributed by atoms with Gasteiger partial charge in [0, 0.05) is 12.0 Å². The van der Waals surface area contributed by atoms with E-state index in [4.69, 9.17) is 9.47 Å². The van der Waals surface area contributed by atoms with E-state index in [1.54, 1.807) is 31.2 Å². The predicted molar refractivity (Wildman–Crippen MR) is 134 cm³/mol. The lowest BCUT2D eigenvalue weighted by Crippen LogP contribution is -2.19. The molecule has 1 heterocycles. The quantitative estimate of drug-likeness (QED) is 0.264. The molecule has 0 amide bonds. The van der Waals surface area contributed by atoms with Crippen molar-refractivity contribution in [2.75, 3.05) is 6.61 Å². The zero-order valence-corrected chi connectivity index (χ0v) is 20.4. The van der Waals surface area contributed by atoms with Gasteiger partial charge in [-0.1, -0.05) is 57.2 Å². The number of nitrogens with zero attached hydrogens (tertiary/aromatic N) is 3. The summed E-state index contributed by atoms with van der Waals surface area (Å²) in [7, 11) is 0. The third-order valence-electron chi connectivity index (χ3n) is 5.57. The average Bonchev–Trinajstić information content (AvgIpc) is 3.27. The lowest BCUT2D eigenvalue weighted by Gasteiger charge is -2.25. The molecular formula is C28H29N3O4. The van der Waals surface area contributed by atoms with E-state index in [0.717, 1.165) is 22.2 Å². The summed E-state index contributed by atoms with van der Waals surface area (Å²) in [6.45, 7) is 8.28. The topological polar surface area (TPSA) is 83.3 Å². The van der Waals surface area contributed by atoms with Crippen molar-refractivity contribution in [3.63, 3.8) is 0 Å². The molecule has 1 aromatic heterocycles. The molecule has 3 aromatic carbocycles. The Morgan fingerprint density at radius 3 is 2.14 bits per heavy atom. The van der Waals surface area contributed by atoms with Crippen molar-refractivity contribution in [3.05, 3.63) is 83.4 Å². The summed E-state index contributed by atoms with van der Waals surface area (Å²) in [5.41, 5.74) is 3.79. The van der Waals surface area contributed by atoms with Gasteiger partial charge in [0.15, 0.2) is 5.75 Å². The van der Waals surface area contributed by atoms with E-state index >= 15 is 0 Å². The molecule has 0 saturated carbocycles. The Kier molecular flexibility index (Phi) is 6.96. The molecule has 0 aliphatic heterocycles. The first-order chi connectivity index (χ1) is 16.8. The number of benzene rings is 3. The molecule has 0 N–H and O–H groups in total. The summed E-state index contributed by atoms with van der Waals surface area (Å²) in [4.78, 5) is 26.6. The number of carbonyl (C=O) groups is 2. The Hall–Kier alpha value is -4.00. The Labute approximate surface area is 204 Å². The molecule has 7 heteroatoms. The number of fused-ring (bicyclic) bond motifs is 1. The molecular weight excluding hydrogens is 442 g/mol. The van der Waals surface area contributed by atoms with Crippen LogP contribution in [0, 0.1) is 0 Å². The van der Waals surface area contributed by atoms with Crippen molar-refractivity contribution in [1.82, 2.24) is 15.0 Å². The predicted octanol–water partition coefficient (Wildman–Crippen LogP) is 5.43. The Bertz CT molecular complexity index is 1320. The van der Waals surface area contributed by atoms with Crippen LogP contribution in [0.4, 0.5) is 0 Å². The highest BCUT2D eigenvalue weighted by atomic mass is 16.5. The maximum Gasteiger partial charge on any atom is 0.343 e. The standard InChI is InChI=1S/C28H29N3O4/c1-5-34-25(32)16-15-19-17-21(28(2,3)4)26(35-27(33)20-11-7-6-8-12-20)24(18-19)31-29-22-13-9-10-14-23(22)30-31/h6-14,17-18H,5,15-16H2,1-4H3. The Morgan fingerprint density at radius 2 is 1.54 bits per heavy atom. The monoisotopic (exact) mass is 471 g/mol. The fraction of sp³-hybridized carbons (Fsp3) is 0.286. The van der Waals surface area contributed by atoms with Gasteiger partial charge in [-0.15, -0.1) is 15.0 Å². The number of aryl methyl sites for hydroxylation is 1. The summed E-state index contributed by atoms with van der Waals surface area (Å²) >= 11 is 0. The van der Waals surface area contributed by atoms with Crippen LogP contribution in [0.5, 0.6) is 5.75 Å². The van der Waals surface area contributed by atoms with Crippen LogP contribution in [0.1, 0.15) is 55.6 Å². The number of aromatic nitrogens is 3. The van der Waals surface area contributed by atoms with Gasteiger partial charge in [0.1, 0.15) is 16.7 Å². The molecule has 180 valence electrons. The first kappa shape index (κ1) is 24.1. The maximum atomic E-state index is 13.1. The number of carbonyl (C=O) groups excluding carboxylic acids is 2. The number of hydrogen-bond acceptors (Lipinski definition) is 6. The van der Waals surface area contributed by atoms with Crippen molar-refractivity contribution in [2.24, 2.45) is 0 Å². The summed E-state index contributed by atoms with van der Waals surface area (Å²) < 4.78 is 11.1. The summed E-state index contributed by atoms with van der Waals surface area (Å²) in [5.74, 6) is -0.325. The zero-order valence-electron chi connectivity index (χ0n) is 20.4. The Balaban J connectivity index is 1.85. The number of ether oxygens (including phenoxy) is 2. The van der Waals surface area contributed by atoms with Crippen LogP contribution in [-0.2, 0) is 21.4 Å². The largest absolute Gasteiger partial charge is 0.466 e. The van der Waals surface area contributed by atoms with Gasteiger partial charge in [0.2, 0.25) is 0 Å². The van der Waals surface area contributed by atoms with Gasteiger partial charge in [-0.05, 0) is 54.7 Å². The highest BCUT2D eigenvalue weighted by Gasteiger charge is 2.27. The molecule has 0 saturated heterocycles. The smallest absolute Gasteiger partial charge is 0.343 e. The third-order valence-corrected chi connectivity index (χ3v) is 5.57. The maximum absolute atomic E-state index is 13.1. The highest BCUT2D eigenvalue weighted by molar-refractivity contribution is 5.91. The van der Waals surface area contributed by atoms with E-state index in [2.05, 4.69) is 10.2 Å². The summed E-state index contributed by atoms with van der Waals surface area (Å²) in [6.07, 6.45) is 0.719. The van der Waals surface area contributed by atoms with Crippen LogP contribution < -0.4 is 4.74 Å².